The normalized spacial score (nSPS) is 14.8. The summed E-state index contributed by atoms with van der Waals surface area (Å²) in [5.74, 6) is 0.627. The van der Waals surface area contributed by atoms with E-state index < -0.39 is 6.03 Å². The fraction of sp³-hybridized carbons (Fsp3) is 0.263. The monoisotopic (exact) mass is 396 g/mol. The number of nitrogens with zero attached hydrogens (tertiary/aromatic N) is 4. The highest BCUT2D eigenvalue weighted by Crippen LogP contribution is 2.27. The standard InChI is InChI=1S/C19H20N6O2S/c26-16(23-19(27)22-14-4-2-1-3-5-14)12-24-7-9-25(10-8-24)17-15-6-11-28-18(15)21-13-20-17/h1-6,11,13H,7-10,12H2,(H2,22,23,26,27). The molecule has 3 aromatic rings. The Morgan fingerprint density at radius 1 is 1.04 bits per heavy atom. The SMILES string of the molecule is O=C(CN1CCN(c2ncnc3sccc23)CC1)NC(=O)Nc1ccccc1. The van der Waals surface area contributed by atoms with E-state index >= 15 is 0 Å². The lowest BCUT2D eigenvalue weighted by molar-refractivity contribution is -0.121. The van der Waals surface area contributed by atoms with Crippen LogP contribution in [-0.4, -0.2) is 59.5 Å². The van der Waals surface area contributed by atoms with Crippen LogP contribution < -0.4 is 15.5 Å². The van der Waals surface area contributed by atoms with Gasteiger partial charge in [-0.2, -0.15) is 0 Å². The van der Waals surface area contributed by atoms with E-state index in [4.69, 9.17) is 0 Å². The third-order valence-electron chi connectivity index (χ3n) is 4.56. The van der Waals surface area contributed by atoms with Crippen molar-refractivity contribution < 1.29 is 9.59 Å². The molecular weight excluding hydrogens is 376 g/mol. The Bertz CT molecular complexity index is 969. The number of carbonyl (C=O) groups is 2. The molecule has 0 bridgehead atoms. The lowest BCUT2D eigenvalue weighted by atomic mass is 10.2. The Labute approximate surface area is 166 Å². The largest absolute Gasteiger partial charge is 0.353 e. The van der Waals surface area contributed by atoms with E-state index in [0.717, 1.165) is 42.2 Å². The minimum atomic E-state index is -0.518. The predicted octanol–water partition coefficient (Wildman–Crippen LogP) is 2.16. The first-order valence-electron chi connectivity index (χ1n) is 9.00. The Morgan fingerprint density at radius 2 is 1.82 bits per heavy atom. The van der Waals surface area contributed by atoms with Crippen LogP contribution in [0.2, 0.25) is 0 Å². The second-order valence-corrected chi connectivity index (χ2v) is 7.36. The number of imide groups is 1. The number of thiophene rings is 1. The molecule has 1 aromatic carbocycles. The number of hydrogen-bond donors (Lipinski definition) is 2. The first-order chi connectivity index (χ1) is 13.7. The van der Waals surface area contributed by atoms with Crippen LogP contribution in [0.3, 0.4) is 0 Å². The van der Waals surface area contributed by atoms with Gasteiger partial charge in [0.1, 0.15) is 17.0 Å². The quantitative estimate of drug-likeness (QED) is 0.702. The molecule has 28 heavy (non-hydrogen) atoms. The number of fused-ring (bicyclic) bond motifs is 1. The van der Waals surface area contributed by atoms with Gasteiger partial charge in [-0.3, -0.25) is 15.0 Å². The highest BCUT2D eigenvalue weighted by molar-refractivity contribution is 7.16. The van der Waals surface area contributed by atoms with Crippen LogP contribution in [-0.2, 0) is 4.79 Å². The summed E-state index contributed by atoms with van der Waals surface area (Å²) in [5.41, 5.74) is 0.644. The molecule has 0 aliphatic carbocycles. The average Bonchev–Trinajstić information content (AvgIpc) is 3.18. The highest BCUT2D eigenvalue weighted by atomic mass is 32.1. The van der Waals surface area contributed by atoms with Gasteiger partial charge in [0.05, 0.1) is 11.9 Å². The molecular formula is C19H20N6O2S. The Morgan fingerprint density at radius 3 is 2.61 bits per heavy atom. The average molecular weight is 396 g/mol. The third-order valence-corrected chi connectivity index (χ3v) is 5.39. The van der Waals surface area contributed by atoms with Gasteiger partial charge >= 0.3 is 6.03 Å². The van der Waals surface area contributed by atoms with Gasteiger partial charge in [0.25, 0.3) is 0 Å². The number of urea groups is 1. The number of carbonyl (C=O) groups excluding carboxylic acids is 2. The Kier molecular flexibility index (Phi) is 5.45. The van der Waals surface area contributed by atoms with Gasteiger partial charge in [0, 0.05) is 31.9 Å². The topological polar surface area (TPSA) is 90.5 Å². The number of aromatic nitrogens is 2. The van der Waals surface area contributed by atoms with Crippen molar-refractivity contribution >= 4 is 45.0 Å². The molecule has 2 N–H and O–H groups in total. The maximum Gasteiger partial charge on any atom is 0.325 e. The second kappa shape index (κ2) is 8.32. The summed E-state index contributed by atoms with van der Waals surface area (Å²) in [7, 11) is 0. The number of benzene rings is 1. The van der Waals surface area contributed by atoms with Crippen LogP contribution in [0.25, 0.3) is 10.2 Å². The molecule has 8 nitrogen and oxygen atoms in total. The molecule has 4 rings (SSSR count). The molecule has 3 heterocycles. The zero-order valence-corrected chi connectivity index (χ0v) is 16.0. The van der Waals surface area contributed by atoms with Gasteiger partial charge in [0.2, 0.25) is 5.91 Å². The summed E-state index contributed by atoms with van der Waals surface area (Å²) in [6.45, 7) is 3.18. The molecule has 1 fully saturated rings. The first-order valence-corrected chi connectivity index (χ1v) is 9.88. The fourth-order valence-corrected chi connectivity index (χ4v) is 3.93. The number of amides is 3. The molecule has 144 valence electrons. The second-order valence-electron chi connectivity index (χ2n) is 6.47. The summed E-state index contributed by atoms with van der Waals surface area (Å²) < 4.78 is 0. The summed E-state index contributed by atoms with van der Waals surface area (Å²) in [5, 5.41) is 8.10. The van der Waals surface area contributed by atoms with E-state index in [2.05, 4.69) is 25.5 Å². The van der Waals surface area contributed by atoms with Crippen molar-refractivity contribution in [3.63, 3.8) is 0 Å². The van der Waals surface area contributed by atoms with Gasteiger partial charge in [-0.15, -0.1) is 11.3 Å². The lowest BCUT2D eigenvalue weighted by Gasteiger charge is -2.35. The predicted molar refractivity (Wildman–Crippen MR) is 110 cm³/mol. The van der Waals surface area contributed by atoms with Crippen LogP contribution >= 0.6 is 11.3 Å². The Balaban J connectivity index is 1.27. The van der Waals surface area contributed by atoms with Crippen LogP contribution in [0.1, 0.15) is 0 Å². The number of para-hydroxylation sites is 1. The third kappa shape index (κ3) is 4.26. The Hall–Kier alpha value is -3.04. The van der Waals surface area contributed by atoms with Gasteiger partial charge in [-0.05, 0) is 23.6 Å². The van der Waals surface area contributed by atoms with Crippen molar-refractivity contribution in [1.82, 2.24) is 20.2 Å². The molecule has 1 saturated heterocycles. The molecule has 3 amide bonds. The minimum absolute atomic E-state index is 0.188. The van der Waals surface area contributed by atoms with Crippen molar-refractivity contribution in [2.45, 2.75) is 0 Å². The van der Waals surface area contributed by atoms with Crippen LogP contribution in [0.4, 0.5) is 16.3 Å². The van der Waals surface area contributed by atoms with Crippen molar-refractivity contribution in [1.29, 1.82) is 0 Å². The van der Waals surface area contributed by atoms with E-state index in [1.54, 1.807) is 29.8 Å². The number of anilines is 2. The van der Waals surface area contributed by atoms with E-state index in [0.29, 0.717) is 5.69 Å². The highest BCUT2D eigenvalue weighted by Gasteiger charge is 2.22. The summed E-state index contributed by atoms with van der Waals surface area (Å²) in [6, 6.07) is 10.5. The molecule has 2 aromatic heterocycles. The van der Waals surface area contributed by atoms with Crippen molar-refractivity contribution in [2.24, 2.45) is 0 Å². The van der Waals surface area contributed by atoms with Gasteiger partial charge in [0.15, 0.2) is 0 Å². The van der Waals surface area contributed by atoms with Crippen LogP contribution in [0.15, 0.2) is 48.1 Å². The lowest BCUT2D eigenvalue weighted by Crippen LogP contribution is -2.50. The molecule has 0 spiro atoms. The fourth-order valence-electron chi connectivity index (χ4n) is 3.20. The number of piperazine rings is 1. The van der Waals surface area contributed by atoms with Gasteiger partial charge < -0.3 is 10.2 Å². The van der Waals surface area contributed by atoms with Gasteiger partial charge in [-0.1, -0.05) is 18.2 Å². The van der Waals surface area contributed by atoms with Gasteiger partial charge in [-0.25, -0.2) is 14.8 Å². The maximum absolute atomic E-state index is 12.2. The molecule has 0 radical (unpaired) electrons. The first kappa shape index (κ1) is 18.3. The van der Waals surface area contributed by atoms with E-state index in [-0.39, 0.29) is 12.5 Å². The van der Waals surface area contributed by atoms with E-state index in [9.17, 15) is 9.59 Å². The number of hydrogen-bond acceptors (Lipinski definition) is 7. The van der Waals surface area contributed by atoms with Crippen molar-refractivity contribution in [2.75, 3.05) is 42.9 Å². The van der Waals surface area contributed by atoms with Crippen LogP contribution in [0, 0.1) is 0 Å². The zero-order chi connectivity index (χ0) is 19.3. The molecule has 0 unspecified atom stereocenters. The minimum Gasteiger partial charge on any atom is -0.353 e. The van der Waals surface area contributed by atoms with Crippen molar-refractivity contribution in [3.05, 3.63) is 48.1 Å². The number of nitrogens with one attached hydrogen (secondary N) is 2. The van der Waals surface area contributed by atoms with E-state index in [1.807, 2.05) is 34.5 Å². The molecule has 0 atom stereocenters. The van der Waals surface area contributed by atoms with Crippen molar-refractivity contribution in [3.8, 4) is 0 Å². The maximum atomic E-state index is 12.2. The molecule has 9 heteroatoms. The summed E-state index contributed by atoms with van der Waals surface area (Å²) >= 11 is 1.60. The summed E-state index contributed by atoms with van der Waals surface area (Å²) in [6.07, 6.45) is 1.60. The van der Waals surface area contributed by atoms with E-state index in [1.165, 1.54) is 0 Å². The summed E-state index contributed by atoms with van der Waals surface area (Å²) in [4.78, 5) is 38.0. The van der Waals surface area contributed by atoms with Crippen LogP contribution in [0.5, 0.6) is 0 Å². The molecule has 1 aliphatic rings. The zero-order valence-electron chi connectivity index (χ0n) is 15.2. The molecule has 0 saturated carbocycles. The number of rotatable bonds is 4. The molecule has 1 aliphatic heterocycles. The smallest absolute Gasteiger partial charge is 0.325 e.